The first kappa shape index (κ1) is 19.2. The van der Waals surface area contributed by atoms with E-state index >= 15 is 0 Å². The summed E-state index contributed by atoms with van der Waals surface area (Å²) in [5, 5.41) is 0. The Bertz CT molecular complexity index is 500. The molecule has 0 aliphatic rings. The lowest BCUT2D eigenvalue weighted by Crippen LogP contribution is -2.42. The van der Waals surface area contributed by atoms with E-state index in [1.54, 1.807) is 4.90 Å². The number of ether oxygens (including phenoxy) is 1. The second-order valence-electron chi connectivity index (χ2n) is 6.07. The Morgan fingerprint density at radius 2 is 1.74 bits per heavy atom. The van der Waals surface area contributed by atoms with Crippen LogP contribution in [0.2, 0.25) is 0 Å². The number of hydrogen-bond acceptors (Lipinski definition) is 4. The van der Waals surface area contributed by atoms with Crippen LogP contribution in [0.15, 0.2) is 30.3 Å². The summed E-state index contributed by atoms with van der Waals surface area (Å²) in [5.41, 5.74) is 0.807. The quantitative estimate of drug-likeness (QED) is 0.691. The Kier molecular flexibility index (Phi) is 7.75. The standard InChI is InChI=1S/C18H28N2O3/c1-6-10-16(19(4)5)18(22)23-13-17(21)20(14(2)3)15-11-8-7-9-12-15/h7-9,11-12,14,16H,6,10,13H2,1-5H3/t16-/m0/s1. The molecule has 0 unspecified atom stereocenters. The maximum atomic E-state index is 12.5. The molecule has 0 saturated carbocycles. The van der Waals surface area contributed by atoms with Gasteiger partial charge in [-0.1, -0.05) is 31.5 Å². The van der Waals surface area contributed by atoms with Gasteiger partial charge < -0.3 is 9.64 Å². The molecule has 0 spiro atoms. The van der Waals surface area contributed by atoms with Gasteiger partial charge in [-0.05, 0) is 46.5 Å². The van der Waals surface area contributed by atoms with E-state index in [1.165, 1.54) is 0 Å². The van der Waals surface area contributed by atoms with E-state index < -0.39 is 0 Å². The molecule has 0 saturated heterocycles. The smallest absolute Gasteiger partial charge is 0.323 e. The third kappa shape index (κ3) is 5.67. The molecule has 0 fully saturated rings. The predicted molar refractivity (Wildman–Crippen MR) is 92.4 cm³/mol. The van der Waals surface area contributed by atoms with Gasteiger partial charge in [0.2, 0.25) is 0 Å². The zero-order valence-electron chi connectivity index (χ0n) is 14.8. The molecule has 1 atom stereocenters. The third-order valence-corrected chi connectivity index (χ3v) is 3.61. The van der Waals surface area contributed by atoms with Crippen molar-refractivity contribution in [2.24, 2.45) is 0 Å². The average molecular weight is 320 g/mol. The van der Waals surface area contributed by atoms with E-state index in [1.807, 2.05) is 70.1 Å². The monoisotopic (exact) mass is 320 g/mol. The van der Waals surface area contributed by atoms with Crippen LogP contribution < -0.4 is 4.90 Å². The van der Waals surface area contributed by atoms with Crippen LogP contribution in [0, 0.1) is 0 Å². The summed E-state index contributed by atoms with van der Waals surface area (Å²) in [6.07, 6.45) is 1.60. The maximum absolute atomic E-state index is 12.5. The number of rotatable bonds is 8. The minimum Gasteiger partial charge on any atom is -0.454 e. The molecule has 1 aromatic carbocycles. The van der Waals surface area contributed by atoms with Crippen molar-refractivity contribution in [1.82, 2.24) is 4.90 Å². The van der Waals surface area contributed by atoms with Gasteiger partial charge in [0.05, 0.1) is 0 Å². The lowest BCUT2D eigenvalue weighted by molar-refractivity contribution is -0.152. The molecule has 1 amide bonds. The van der Waals surface area contributed by atoms with Crippen LogP contribution in [0.25, 0.3) is 0 Å². The first-order chi connectivity index (χ1) is 10.9. The average Bonchev–Trinajstić information content (AvgIpc) is 2.50. The molecule has 0 radical (unpaired) electrons. The Hall–Kier alpha value is -1.88. The second kappa shape index (κ2) is 9.30. The molecular weight excluding hydrogens is 292 g/mol. The van der Waals surface area contributed by atoms with Crippen molar-refractivity contribution < 1.29 is 14.3 Å². The van der Waals surface area contributed by atoms with Gasteiger partial charge in [-0.3, -0.25) is 14.5 Å². The van der Waals surface area contributed by atoms with Gasteiger partial charge in [0.1, 0.15) is 6.04 Å². The maximum Gasteiger partial charge on any atom is 0.323 e. The molecule has 1 aromatic rings. The molecule has 0 bridgehead atoms. The minimum atomic E-state index is -0.345. The molecular formula is C18H28N2O3. The van der Waals surface area contributed by atoms with Gasteiger partial charge in [-0.2, -0.15) is 0 Å². The fourth-order valence-corrected chi connectivity index (χ4v) is 2.48. The molecule has 5 heteroatoms. The molecule has 128 valence electrons. The molecule has 0 aliphatic carbocycles. The van der Waals surface area contributed by atoms with Gasteiger partial charge in [-0.25, -0.2) is 0 Å². The first-order valence-corrected chi connectivity index (χ1v) is 8.08. The number of likely N-dealkylation sites (N-methyl/N-ethyl adjacent to an activating group) is 1. The Morgan fingerprint density at radius 1 is 1.13 bits per heavy atom. The van der Waals surface area contributed by atoms with E-state index in [2.05, 4.69) is 0 Å². The highest BCUT2D eigenvalue weighted by atomic mass is 16.5. The number of esters is 1. The van der Waals surface area contributed by atoms with Crippen LogP contribution in [0.5, 0.6) is 0 Å². The number of para-hydroxylation sites is 1. The number of hydrogen-bond donors (Lipinski definition) is 0. The molecule has 0 N–H and O–H groups in total. The molecule has 23 heavy (non-hydrogen) atoms. The SMILES string of the molecule is CCC[C@@H](C(=O)OCC(=O)N(c1ccccc1)C(C)C)N(C)C. The Labute approximate surface area is 139 Å². The molecule has 1 rings (SSSR count). The highest BCUT2D eigenvalue weighted by Crippen LogP contribution is 2.17. The molecule has 5 nitrogen and oxygen atoms in total. The zero-order chi connectivity index (χ0) is 17.4. The Balaban J connectivity index is 2.71. The van der Waals surface area contributed by atoms with Crippen LogP contribution in [0.3, 0.4) is 0 Å². The molecule has 0 aliphatic heterocycles. The van der Waals surface area contributed by atoms with Crippen molar-refractivity contribution in [3.8, 4) is 0 Å². The number of anilines is 1. The number of carbonyl (C=O) groups is 2. The summed E-state index contributed by atoms with van der Waals surface area (Å²) in [4.78, 5) is 28.1. The molecule has 0 heterocycles. The van der Waals surface area contributed by atoms with Crippen molar-refractivity contribution in [3.05, 3.63) is 30.3 Å². The lowest BCUT2D eigenvalue weighted by Gasteiger charge is -2.27. The molecule has 0 aromatic heterocycles. The van der Waals surface area contributed by atoms with Gasteiger partial charge in [-0.15, -0.1) is 0 Å². The van der Waals surface area contributed by atoms with Crippen molar-refractivity contribution in [2.75, 3.05) is 25.6 Å². The van der Waals surface area contributed by atoms with Crippen LogP contribution in [0.4, 0.5) is 5.69 Å². The van der Waals surface area contributed by atoms with E-state index in [9.17, 15) is 9.59 Å². The highest BCUT2D eigenvalue weighted by Gasteiger charge is 2.24. The van der Waals surface area contributed by atoms with Crippen molar-refractivity contribution >= 4 is 17.6 Å². The van der Waals surface area contributed by atoms with E-state index in [4.69, 9.17) is 4.74 Å². The van der Waals surface area contributed by atoms with E-state index in [0.29, 0.717) is 6.42 Å². The largest absolute Gasteiger partial charge is 0.454 e. The van der Waals surface area contributed by atoms with Gasteiger partial charge in [0.25, 0.3) is 5.91 Å². The van der Waals surface area contributed by atoms with Crippen LogP contribution in [-0.2, 0) is 14.3 Å². The van der Waals surface area contributed by atoms with Crippen molar-refractivity contribution in [2.45, 2.75) is 45.7 Å². The van der Waals surface area contributed by atoms with Gasteiger partial charge in [0.15, 0.2) is 6.61 Å². The predicted octanol–water partition coefficient (Wildman–Crippen LogP) is 2.70. The zero-order valence-corrected chi connectivity index (χ0v) is 14.8. The van der Waals surface area contributed by atoms with Crippen molar-refractivity contribution in [3.63, 3.8) is 0 Å². The summed E-state index contributed by atoms with van der Waals surface area (Å²) >= 11 is 0. The van der Waals surface area contributed by atoms with Crippen LogP contribution in [0.1, 0.15) is 33.6 Å². The van der Waals surface area contributed by atoms with E-state index in [-0.39, 0.29) is 30.6 Å². The van der Waals surface area contributed by atoms with Gasteiger partial charge >= 0.3 is 5.97 Å². The van der Waals surface area contributed by atoms with Crippen LogP contribution >= 0.6 is 0 Å². The third-order valence-electron chi connectivity index (χ3n) is 3.61. The summed E-state index contributed by atoms with van der Waals surface area (Å²) in [6.45, 7) is 5.66. The summed E-state index contributed by atoms with van der Waals surface area (Å²) in [6, 6.07) is 9.10. The number of nitrogens with zero attached hydrogens (tertiary/aromatic N) is 2. The topological polar surface area (TPSA) is 49.9 Å². The summed E-state index contributed by atoms with van der Waals surface area (Å²) in [7, 11) is 3.68. The summed E-state index contributed by atoms with van der Waals surface area (Å²) in [5.74, 6) is -0.560. The Morgan fingerprint density at radius 3 is 2.22 bits per heavy atom. The minimum absolute atomic E-state index is 0.0103. The number of carbonyl (C=O) groups excluding carboxylic acids is 2. The number of amides is 1. The van der Waals surface area contributed by atoms with Crippen LogP contribution in [-0.4, -0.2) is 49.6 Å². The summed E-state index contributed by atoms with van der Waals surface area (Å²) < 4.78 is 5.26. The highest BCUT2D eigenvalue weighted by molar-refractivity contribution is 5.95. The van der Waals surface area contributed by atoms with Gasteiger partial charge in [0, 0.05) is 11.7 Å². The van der Waals surface area contributed by atoms with Crippen molar-refractivity contribution in [1.29, 1.82) is 0 Å². The normalized spacial score (nSPS) is 12.3. The fourth-order valence-electron chi connectivity index (χ4n) is 2.48. The lowest BCUT2D eigenvalue weighted by atomic mass is 10.1. The van der Waals surface area contributed by atoms with E-state index in [0.717, 1.165) is 12.1 Å². The first-order valence-electron chi connectivity index (χ1n) is 8.08. The fraction of sp³-hybridized carbons (Fsp3) is 0.556. The number of benzene rings is 1. The second-order valence-corrected chi connectivity index (χ2v) is 6.07.